The maximum absolute atomic E-state index is 13.1. The van der Waals surface area contributed by atoms with E-state index in [2.05, 4.69) is 20.8 Å². The molecule has 2 N–H and O–H groups in total. The van der Waals surface area contributed by atoms with Gasteiger partial charge in [-0.05, 0) is 56.9 Å². The minimum absolute atomic E-state index is 0.0441. The summed E-state index contributed by atoms with van der Waals surface area (Å²) >= 11 is 2.53. The van der Waals surface area contributed by atoms with Crippen molar-refractivity contribution >= 4 is 51.6 Å². The predicted molar refractivity (Wildman–Crippen MR) is 169 cm³/mol. The number of carbonyl (C=O) groups excluding carboxylic acids is 3. The van der Waals surface area contributed by atoms with E-state index >= 15 is 0 Å². The van der Waals surface area contributed by atoms with E-state index < -0.39 is 16.8 Å². The Bertz CT molecular complexity index is 1780. The van der Waals surface area contributed by atoms with Crippen LogP contribution in [0, 0.1) is 17.0 Å². The molecule has 1 aliphatic rings. The molecule has 0 aliphatic heterocycles. The fourth-order valence-corrected chi connectivity index (χ4v) is 7.04. The molecule has 0 saturated heterocycles. The van der Waals surface area contributed by atoms with Gasteiger partial charge < -0.3 is 20.1 Å². The van der Waals surface area contributed by atoms with Crippen molar-refractivity contribution in [3.05, 3.63) is 85.5 Å². The zero-order valence-corrected chi connectivity index (χ0v) is 26.4. The number of nitrogens with zero attached hydrogens (tertiary/aromatic N) is 4. The van der Waals surface area contributed by atoms with Crippen molar-refractivity contribution in [2.45, 2.75) is 44.8 Å². The molecule has 15 heteroatoms. The van der Waals surface area contributed by atoms with Gasteiger partial charge in [0.1, 0.15) is 10.8 Å². The first-order valence-corrected chi connectivity index (χ1v) is 15.9. The Hall–Kier alpha value is -4.76. The number of nitrogens with one attached hydrogen (secondary N) is 2. The molecule has 0 spiro atoms. The highest BCUT2D eigenvalue weighted by atomic mass is 32.2. The number of rotatable bonds is 12. The number of esters is 1. The van der Waals surface area contributed by atoms with Gasteiger partial charge in [-0.15, -0.1) is 21.5 Å². The SMILES string of the molecule is CCOC(=O)c1c(NC(=O)CSc2nnc(CNC(=O)c3ccc(C)c([N+](=O)[O-])c3)n2-c2ccccc2OC)sc2c1CCC2. The highest BCUT2D eigenvalue weighted by Crippen LogP contribution is 2.39. The van der Waals surface area contributed by atoms with Gasteiger partial charge >= 0.3 is 5.97 Å². The van der Waals surface area contributed by atoms with Crippen LogP contribution in [-0.4, -0.2) is 56.9 Å². The summed E-state index contributed by atoms with van der Waals surface area (Å²) in [6.45, 7) is 3.51. The number of hydrogen-bond donors (Lipinski definition) is 2. The second-order valence-electron chi connectivity index (χ2n) is 9.97. The molecule has 2 aromatic heterocycles. The minimum atomic E-state index is -0.535. The second-order valence-corrected chi connectivity index (χ2v) is 12.0. The number of para-hydroxylation sites is 2. The van der Waals surface area contributed by atoms with Gasteiger partial charge in [-0.2, -0.15) is 0 Å². The van der Waals surface area contributed by atoms with Crippen molar-refractivity contribution < 1.29 is 28.8 Å². The molecule has 4 aromatic rings. The normalized spacial score (nSPS) is 12.0. The van der Waals surface area contributed by atoms with Crippen LogP contribution in [0.15, 0.2) is 47.6 Å². The van der Waals surface area contributed by atoms with Crippen LogP contribution < -0.4 is 15.4 Å². The largest absolute Gasteiger partial charge is 0.495 e. The molecular formula is C30H30N6O7S2. The van der Waals surface area contributed by atoms with Gasteiger partial charge in [-0.25, -0.2) is 4.79 Å². The minimum Gasteiger partial charge on any atom is -0.495 e. The van der Waals surface area contributed by atoms with E-state index in [1.807, 2.05) is 0 Å². The molecule has 0 bridgehead atoms. The van der Waals surface area contributed by atoms with Crippen LogP contribution in [-0.2, 0) is 28.9 Å². The summed E-state index contributed by atoms with van der Waals surface area (Å²) in [4.78, 5) is 50.7. The Morgan fingerprint density at radius 1 is 1.16 bits per heavy atom. The van der Waals surface area contributed by atoms with Crippen LogP contribution in [0.5, 0.6) is 5.75 Å². The van der Waals surface area contributed by atoms with E-state index in [4.69, 9.17) is 9.47 Å². The maximum Gasteiger partial charge on any atom is 0.341 e. The molecule has 2 heterocycles. The third-order valence-electron chi connectivity index (χ3n) is 7.09. The molecule has 0 saturated carbocycles. The first-order valence-electron chi connectivity index (χ1n) is 14.1. The Labute approximate surface area is 266 Å². The molecule has 0 radical (unpaired) electrons. The quantitative estimate of drug-likeness (QED) is 0.0933. The van der Waals surface area contributed by atoms with E-state index in [1.54, 1.807) is 42.7 Å². The van der Waals surface area contributed by atoms with Crippen molar-refractivity contribution in [2.75, 3.05) is 24.8 Å². The lowest BCUT2D eigenvalue weighted by Gasteiger charge is -2.14. The molecule has 45 heavy (non-hydrogen) atoms. The van der Waals surface area contributed by atoms with Crippen LogP contribution in [0.3, 0.4) is 0 Å². The molecule has 1 aliphatic carbocycles. The van der Waals surface area contributed by atoms with Gasteiger partial charge in [-0.1, -0.05) is 30.0 Å². The monoisotopic (exact) mass is 650 g/mol. The Morgan fingerprint density at radius 3 is 2.71 bits per heavy atom. The van der Waals surface area contributed by atoms with Crippen molar-refractivity contribution in [2.24, 2.45) is 0 Å². The van der Waals surface area contributed by atoms with Crippen LogP contribution >= 0.6 is 23.1 Å². The van der Waals surface area contributed by atoms with Crippen molar-refractivity contribution in [3.63, 3.8) is 0 Å². The van der Waals surface area contributed by atoms with Crippen molar-refractivity contribution in [3.8, 4) is 11.4 Å². The van der Waals surface area contributed by atoms with E-state index in [-0.39, 0.29) is 36.1 Å². The highest BCUT2D eigenvalue weighted by Gasteiger charge is 2.29. The topological polar surface area (TPSA) is 168 Å². The van der Waals surface area contributed by atoms with E-state index in [9.17, 15) is 24.5 Å². The lowest BCUT2D eigenvalue weighted by molar-refractivity contribution is -0.385. The van der Waals surface area contributed by atoms with Crippen molar-refractivity contribution in [1.82, 2.24) is 20.1 Å². The number of anilines is 1. The fraction of sp³-hybridized carbons (Fsp3) is 0.300. The summed E-state index contributed by atoms with van der Waals surface area (Å²) in [5, 5.41) is 26.4. The Morgan fingerprint density at radius 2 is 1.96 bits per heavy atom. The number of nitro groups is 1. The molecule has 234 valence electrons. The summed E-state index contributed by atoms with van der Waals surface area (Å²) in [6.07, 6.45) is 2.59. The van der Waals surface area contributed by atoms with E-state index in [1.165, 1.54) is 36.6 Å². The fourth-order valence-electron chi connectivity index (χ4n) is 4.98. The lowest BCUT2D eigenvalue weighted by Crippen LogP contribution is -2.25. The standard InChI is InChI=1S/C30H30N6O7S2/c1-4-43-29(39)26-19-8-7-11-23(19)45-28(26)32-25(37)16-44-30-34-33-24(35(30)20-9-5-6-10-22(20)42-3)15-31-27(38)18-13-12-17(2)21(14-18)36(40)41/h5-6,9-10,12-14H,4,7-8,11,15-16H2,1-3H3,(H,31,38)(H,32,37). The summed E-state index contributed by atoms with van der Waals surface area (Å²) in [7, 11) is 1.52. The predicted octanol–water partition coefficient (Wildman–Crippen LogP) is 4.88. The smallest absolute Gasteiger partial charge is 0.341 e. The molecular weight excluding hydrogens is 620 g/mol. The Kier molecular flexibility index (Phi) is 9.78. The van der Waals surface area contributed by atoms with Crippen LogP contribution in [0.25, 0.3) is 5.69 Å². The van der Waals surface area contributed by atoms with Crippen LogP contribution in [0.2, 0.25) is 0 Å². The maximum atomic E-state index is 13.1. The number of carbonyl (C=O) groups is 3. The van der Waals surface area contributed by atoms with Gasteiger partial charge in [0, 0.05) is 22.1 Å². The number of amides is 2. The molecule has 0 unspecified atom stereocenters. The zero-order chi connectivity index (χ0) is 32.1. The van der Waals surface area contributed by atoms with E-state index in [0.717, 1.165) is 41.5 Å². The number of fused-ring (bicyclic) bond motifs is 1. The molecule has 5 rings (SSSR count). The average molecular weight is 651 g/mol. The van der Waals surface area contributed by atoms with Gasteiger partial charge in [0.25, 0.3) is 11.6 Å². The molecule has 0 atom stereocenters. The first kappa shape index (κ1) is 31.7. The highest BCUT2D eigenvalue weighted by molar-refractivity contribution is 7.99. The summed E-state index contributed by atoms with van der Waals surface area (Å²) in [5.74, 6) is -0.494. The molecule has 2 aromatic carbocycles. The van der Waals surface area contributed by atoms with Crippen LogP contribution in [0.4, 0.5) is 10.7 Å². The zero-order valence-electron chi connectivity index (χ0n) is 24.7. The number of nitro benzene ring substituents is 1. The number of thioether (sulfide) groups is 1. The second kappa shape index (κ2) is 13.9. The number of benzene rings is 2. The number of ether oxygens (including phenoxy) is 2. The molecule has 13 nitrogen and oxygen atoms in total. The Balaban J connectivity index is 1.35. The third kappa shape index (κ3) is 6.83. The average Bonchev–Trinajstić information content (AvgIpc) is 3.73. The number of thiophene rings is 1. The van der Waals surface area contributed by atoms with E-state index in [0.29, 0.717) is 38.5 Å². The van der Waals surface area contributed by atoms with Gasteiger partial charge in [-0.3, -0.25) is 24.3 Å². The number of hydrogen-bond acceptors (Lipinski definition) is 11. The summed E-state index contributed by atoms with van der Waals surface area (Å²) in [5.41, 5.74) is 2.38. The number of aryl methyl sites for hydroxylation is 2. The number of methoxy groups -OCH3 is 1. The van der Waals surface area contributed by atoms with Gasteiger partial charge in [0.05, 0.1) is 42.2 Å². The third-order valence-corrected chi connectivity index (χ3v) is 9.22. The molecule has 2 amide bonds. The van der Waals surface area contributed by atoms with Crippen molar-refractivity contribution in [1.29, 1.82) is 0 Å². The lowest BCUT2D eigenvalue weighted by atomic mass is 10.1. The molecule has 0 fully saturated rings. The summed E-state index contributed by atoms with van der Waals surface area (Å²) < 4.78 is 12.5. The number of aromatic nitrogens is 3. The summed E-state index contributed by atoms with van der Waals surface area (Å²) in [6, 6.07) is 11.4. The van der Waals surface area contributed by atoms with Crippen LogP contribution in [0.1, 0.15) is 55.9 Å². The van der Waals surface area contributed by atoms with Gasteiger partial charge in [0.2, 0.25) is 5.91 Å². The van der Waals surface area contributed by atoms with Gasteiger partial charge in [0.15, 0.2) is 11.0 Å². The first-order chi connectivity index (χ1) is 21.7.